The number of aromatic nitrogens is 2. The van der Waals surface area contributed by atoms with Gasteiger partial charge in [0, 0.05) is 44.1 Å². The molecule has 0 bridgehead atoms. The smallest absolute Gasteiger partial charge is 0.193 e. The number of nitrogens with one attached hydrogen (secondary N) is 1. The van der Waals surface area contributed by atoms with Crippen LogP contribution in [0.2, 0.25) is 5.02 Å². The van der Waals surface area contributed by atoms with E-state index in [0.29, 0.717) is 11.6 Å². The summed E-state index contributed by atoms with van der Waals surface area (Å²) < 4.78 is 7.94. The number of imidazole rings is 1. The second-order valence-electron chi connectivity index (χ2n) is 6.33. The quantitative estimate of drug-likeness (QED) is 0.382. The van der Waals surface area contributed by atoms with Gasteiger partial charge < -0.3 is 19.5 Å². The van der Waals surface area contributed by atoms with Crippen molar-refractivity contribution in [3.63, 3.8) is 0 Å². The molecule has 0 amide bonds. The molecule has 0 aliphatic heterocycles. The first-order chi connectivity index (χ1) is 13.1. The maximum atomic E-state index is 5.89. The third kappa shape index (κ3) is 7.51. The van der Waals surface area contributed by atoms with Crippen LogP contribution in [0.1, 0.15) is 25.6 Å². The molecule has 0 saturated heterocycles. The molecule has 27 heavy (non-hydrogen) atoms. The Morgan fingerprint density at radius 3 is 2.74 bits per heavy atom. The van der Waals surface area contributed by atoms with Crippen LogP contribution in [0.3, 0.4) is 0 Å². The van der Waals surface area contributed by atoms with Gasteiger partial charge in [0.15, 0.2) is 5.96 Å². The largest absolute Gasteiger partial charge is 0.492 e. The van der Waals surface area contributed by atoms with Crippen molar-refractivity contribution >= 4 is 17.6 Å². The van der Waals surface area contributed by atoms with Gasteiger partial charge in [-0.05, 0) is 51.0 Å². The van der Waals surface area contributed by atoms with Gasteiger partial charge in [-0.25, -0.2) is 4.98 Å². The Labute approximate surface area is 167 Å². The molecule has 0 radical (unpaired) electrons. The SMILES string of the molecule is CCNC(=NCCCCn1ccnc1C)N(C)CCOc1ccc(Cl)cc1. The standard InChI is InChI=1S/C20H30ClN5O/c1-4-22-20(24-11-5-6-13-26-14-12-23-17(26)2)25(3)15-16-27-19-9-7-18(21)8-10-19/h7-10,12,14H,4-6,11,13,15-16H2,1-3H3,(H,22,24). The fraction of sp³-hybridized carbons (Fsp3) is 0.500. The number of aryl methyl sites for hydroxylation is 2. The first-order valence-corrected chi connectivity index (χ1v) is 9.83. The summed E-state index contributed by atoms with van der Waals surface area (Å²) in [7, 11) is 2.03. The molecule has 0 aliphatic rings. The van der Waals surface area contributed by atoms with Crippen LogP contribution in [0.25, 0.3) is 0 Å². The molecule has 0 atom stereocenters. The number of hydrogen-bond acceptors (Lipinski definition) is 3. The molecule has 0 aliphatic carbocycles. The number of benzene rings is 1. The summed E-state index contributed by atoms with van der Waals surface area (Å²) in [5, 5.41) is 4.05. The summed E-state index contributed by atoms with van der Waals surface area (Å²) in [6, 6.07) is 7.42. The highest BCUT2D eigenvalue weighted by Crippen LogP contribution is 2.15. The highest BCUT2D eigenvalue weighted by molar-refractivity contribution is 6.30. The van der Waals surface area contributed by atoms with Crippen LogP contribution in [0.4, 0.5) is 0 Å². The third-order valence-corrected chi connectivity index (χ3v) is 4.45. The van der Waals surface area contributed by atoms with E-state index in [2.05, 4.69) is 26.7 Å². The number of unbranched alkanes of at least 4 members (excludes halogenated alkanes) is 1. The van der Waals surface area contributed by atoms with Gasteiger partial charge in [0.25, 0.3) is 0 Å². The maximum Gasteiger partial charge on any atom is 0.193 e. The second-order valence-corrected chi connectivity index (χ2v) is 6.77. The van der Waals surface area contributed by atoms with Crippen LogP contribution >= 0.6 is 11.6 Å². The minimum atomic E-state index is 0.586. The van der Waals surface area contributed by atoms with E-state index < -0.39 is 0 Å². The lowest BCUT2D eigenvalue weighted by Crippen LogP contribution is -2.41. The van der Waals surface area contributed by atoms with Crippen molar-refractivity contribution in [2.75, 3.05) is 33.3 Å². The van der Waals surface area contributed by atoms with E-state index in [-0.39, 0.29) is 0 Å². The Morgan fingerprint density at radius 1 is 1.30 bits per heavy atom. The van der Waals surface area contributed by atoms with E-state index >= 15 is 0 Å². The normalized spacial score (nSPS) is 11.5. The van der Waals surface area contributed by atoms with Crippen LogP contribution < -0.4 is 10.1 Å². The van der Waals surface area contributed by atoms with Crippen molar-refractivity contribution in [2.45, 2.75) is 33.2 Å². The van der Waals surface area contributed by atoms with Gasteiger partial charge in [-0.15, -0.1) is 0 Å². The van der Waals surface area contributed by atoms with Crippen molar-refractivity contribution in [3.8, 4) is 5.75 Å². The van der Waals surface area contributed by atoms with Crippen LogP contribution in [0, 0.1) is 6.92 Å². The van der Waals surface area contributed by atoms with Gasteiger partial charge in [-0.2, -0.15) is 0 Å². The Kier molecular flexibility index (Phi) is 8.98. The lowest BCUT2D eigenvalue weighted by Gasteiger charge is -2.22. The fourth-order valence-electron chi connectivity index (χ4n) is 2.63. The molecule has 1 aromatic heterocycles. The molecular formula is C20H30ClN5O. The Morgan fingerprint density at radius 2 is 2.07 bits per heavy atom. The van der Waals surface area contributed by atoms with Gasteiger partial charge in [0.05, 0.1) is 6.54 Å². The highest BCUT2D eigenvalue weighted by atomic mass is 35.5. The summed E-state index contributed by atoms with van der Waals surface area (Å²) in [5.74, 6) is 2.80. The lowest BCUT2D eigenvalue weighted by atomic mass is 10.3. The van der Waals surface area contributed by atoms with E-state index in [1.807, 2.05) is 50.6 Å². The average molecular weight is 392 g/mol. The average Bonchev–Trinajstić information content (AvgIpc) is 3.07. The Bertz CT molecular complexity index is 699. The van der Waals surface area contributed by atoms with E-state index in [1.54, 1.807) is 0 Å². The predicted octanol–water partition coefficient (Wildman–Crippen LogP) is 3.60. The van der Waals surface area contributed by atoms with Gasteiger partial charge in [0.1, 0.15) is 18.2 Å². The van der Waals surface area contributed by atoms with Crippen LogP contribution in [0.15, 0.2) is 41.7 Å². The van der Waals surface area contributed by atoms with Crippen molar-refractivity contribution in [1.29, 1.82) is 0 Å². The van der Waals surface area contributed by atoms with Crippen molar-refractivity contribution in [2.24, 2.45) is 4.99 Å². The van der Waals surface area contributed by atoms with Gasteiger partial charge in [-0.3, -0.25) is 4.99 Å². The number of nitrogens with zero attached hydrogens (tertiary/aromatic N) is 4. The molecule has 0 unspecified atom stereocenters. The Hall–Kier alpha value is -2.21. The molecule has 1 aromatic carbocycles. The molecule has 2 aromatic rings. The van der Waals surface area contributed by atoms with E-state index in [4.69, 9.17) is 21.3 Å². The molecule has 1 heterocycles. The second kappa shape index (κ2) is 11.5. The van der Waals surface area contributed by atoms with Gasteiger partial charge >= 0.3 is 0 Å². The number of likely N-dealkylation sites (N-methyl/N-ethyl adjacent to an activating group) is 1. The maximum absolute atomic E-state index is 5.89. The number of ether oxygens (including phenoxy) is 1. The number of hydrogen-bond donors (Lipinski definition) is 1. The zero-order chi connectivity index (χ0) is 19.5. The number of rotatable bonds is 10. The highest BCUT2D eigenvalue weighted by Gasteiger charge is 2.05. The number of aliphatic imine (C=N–C) groups is 1. The first-order valence-electron chi connectivity index (χ1n) is 9.45. The van der Waals surface area contributed by atoms with E-state index in [1.165, 1.54) is 0 Å². The van der Waals surface area contributed by atoms with E-state index in [9.17, 15) is 0 Å². The summed E-state index contributed by atoms with van der Waals surface area (Å²) in [6.45, 7) is 8.08. The van der Waals surface area contributed by atoms with Crippen molar-refractivity contribution in [3.05, 3.63) is 47.5 Å². The molecule has 0 saturated carbocycles. The number of guanidine groups is 1. The summed E-state index contributed by atoms with van der Waals surface area (Å²) in [5.41, 5.74) is 0. The van der Waals surface area contributed by atoms with Crippen LogP contribution in [0.5, 0.6) is 5.75 Å². The van der Waals surface area contributed by atoms with Gasteiger partial charge in [0.2, 0.25) is 0 Å². The summed E-state index contributed by atoms with van der Waals surface area (Å²) >= 11 is 5.89. The zero-order valence-corrected chi connectivity index (χ0v) is 17.2. The monoisotopic (exact) mass is 391 g/mol. The third-order valence-electron chi connectivity index (χ3n) is 4.20. The molecule has 7 heteroatoms. The first kappa shape index (κ1) is 21.1. The van der Waals surface area contributed by atoms with E-state index in [0.717, 1.165) is 56.6 Å². The van der Waals surface area contributed by atoms with Crippen LogP contribution in [-0.2, 0) is 6.54 Å². The number of halogens is 1. The minimum absolute atomic E-state index is 0.586. The fourth-order valence-corrected chi connectivity index (χ4v) is 2.75. The Balaban J connectivity index is 1.72. The summed E-state index contributed by atoms with van der Waals surface area (Å²) in [4.78, 5) is 11.1. The molecule has 2 rings (SSSR count). The zero-order valence-electron chi connectivity index (χ0n) is 16.5. The molecular weight excluding hydrogens is 362 g/mol. The topological polar surface area (TPSA) is 54.7 Å². The molecule has 0 spiro atoms. The van der Waals surface area contributed by atoms with Crippen molar-refractivity contribution < 1.29 is 4.74 Å². The molecule has 0 fully saturated rings. The predicted molar refractivity (Wildman–Crippen MR) is 112 cm³/mol. The minimum Gasteiger partial charge on any atom is -0.492 e. The summed E-state index contributed by atoms with van der Waals surface area (Å²) in [6.07, 6.45) is 6.00. The molecule has 6 nitrogen and oxygen atoms in total. The lowest BCUT2D eigenvalue weighted by molar-refractivity contribution is 0.281. The molecule has 148 valence electrons. The van der Waals surface area contributed by atoms with Gasteiger partial charge in [-0.1, -0.05) is 11.6 Å². The van der Waals surface area contributed by atoms with Crippen molar-refractivity contribution in [1.82, 2.24) is 19.8 Å². The molecule has 1 N–H and O–H groups in total. The van der Waals surface area contributed by atoms with Crippen LogP contribution in [-0.4, -0.2) is 53.7 Å².